The zero-order valence-electron chi connectivity index (χ0n) is 11.1. The molecular formula is C13H17ClN4O. The van der Waals surface area contributed by atoms with E-state index in [9.17, 15) is 4.79 Å². The van der Waals surface area contributed by atoms with Gasteiger partial charge in [0, 0.05) is 30.9 Å². The lowest BCUT2D eigenvalue weighted by Gasteiger charge is -2.26. The van der Waals surface area contributed by atoms with Gasteiger partial charge in [0.15, 0.2) is 0 Å². The molecule has 0 aliphatic carbocycles. The van der Waals surface area contributed by atoms with Gasteiger partial charge in [-0.25, -0.2) is 4.52 Å². The van der Waals surface area contributed by atoms with Gasteiger partial charge in [0.1, 0.15) is 0 Å². The molecule has 0 aliphatic heterocycles. The summed E-state index contributed by atoms with van der Waals surface area (Å²) in [5, 5.41) is 4.16. The van der Waals surface area contributed by atoms with Crippen LogP contribution in [0.4, 0.5) is 0 Å². The molecule has 0 spiro atoms. The minimum absolute atomic E-state index is 0.0249. The maximum Gasteiger partial charge on any atom is 0.257 e. The first-order valence-electron chi connectivity index (χ1n) is 6.29. The molecule has 102 valence electrons. The summed E-state index contributed by atoms with van der Waals surface area (Å²) >= 11 is 5.71. The Balaban J connectivity index is 2.30. The minimum Gasteiger partial charge on any atom is -0.336 e. The second-order valence-electron chi connectivity index (χ2n) is 4.60. The van der Waals surface area contributed by atoms with Crippen molar-refractivity contribution in [3.8, 4) is 0 Å². The van der Waals surface area contributed by atoms with E-state index < -0.39 is 0 Å². The lowest BCUT2D eigenvalue weighted by Crippen LogP contribution is -2.37. The molecule has 1 amide bonds. The monoisotopic (exact) mass is 280 g/mol. The van der Waals surface area contributed by atoms with Crippen molar-refractivity contribution in [2.24, 2.45) is 0 Å². The lowest BCUT2D eigenvalue weighted by molar-refractivity contribution is 0.0708. The smallest absolute Gasteiger partial charge is 0.257 e. The number of hydrogen-bond acceptors (Lipinski definition) is 3. The molecule has 0 N–H and O–H groups in total. The largest absolute Gasteiger partial charge is 0.336 e. The molecule has 0 unspecified atom stereocenters. The maximum absolute atomic E-state index is 12.6. The van der Waals surface area contributed by atoms with E-state index in [0.29, 0.717) is 18.0 Å². The third-order valence-electron chi connectivity index (χ3n) is 2.97. The number of rotatable bonds is 5. The topological polar surface area (TPSA) is 50.5 Å². The Morgan fingerprint density at radius 2 is 2.26 bits per heavy atom. The number of fused-ring (bicyclic) bond motifs is 1. The van der Waals surface area contributed by atoms with Crippen LogP contribution < -0.4 is 0 Å². The average molecular weight is 281 g/mol. The number of halogens is 1. The summed E-state index contributed by atoms with van der Waals surface area (Å²) < 4.78 is 1.65. The van der Waals surface area contributed by atoms with Gasteiger partial charge in [-0.1, -0.05) is 0 Å². The highest BCUT2D eigenvalue weighted by Gasteiger charge is 2.21. The predicted octanol–water partition coefficient (Wildman–Crippen LogP) is 2.21. The van der Waals surface area contributed by atoms with Crippen molar-refractivity contribution in [3.05, 3.63) is 30.4 Å². The number of alkyl halides is 1. The van der Waals surface area contributed by atoms with Gasteiger partial charge in [0.2, 0.25) is 0 Å². The van der Waals surface area contributed by atoms with Crippen LogP contribution in [0.25, 0.3) is 5.52 Å². The summed E-state index contributed by atoms with van der Waals surface area (Å²) in [5.74, 6) is 0.524. The lowest BCUT2D eigenvalue weighted by atomic mass is 10.2. The second kappa shape index (κ2) is 6.02. The van der Waals surface area contributed by atoms with E-state index in [0.717, 1.165) is 11.9 Å². The summed E-state index contributed by atoms with van der Waals surface area (Å²) in [6.45, 7) is 4.64. The Kier molecular flexibility index (Phi) is 4.37. The van der Waals surface area contributed by atoms with E-state index >= 15 is 0 Å². The van der Waals surface area contributed by atoms with Crippen molar-refractivity contribution < 1.29 is 4.79 Å². The standard InChI is InChI=1S/C13H17ClN4O/c1-10(2)17(6-3-4-14)13(19)11-8-16-18-7-5-15-9-12(11)18/h5,7-10H,3-4,6H2,1-2H3. The normalized spacial score (nSPS) is 11.2. The van der Waals surface area contributed by atoms with Crippen molar-refractivity contribution >= 4 is 23.0 Å². The van der Waals surface area contributed by atoms with Crippen LogP contribution in [-0.2, 0) is 0 Å². The van der Waals surface area contributed by atoms with E-state index in [2.05, 4.69) is 10.1 Å². The molecular weight excluding hydrogens is 264 g/mol. The number of nitrogens with zero attached hydrogens (tertiary/aromatic N) is 4. The van der Waals surface area contributed by atoms with Gasteiger partial charge in [-0.3, -0.25) is 9.78 Å². The Bertz CT molecular complexity index is 567. The molecule has 0 aliphatic rings. The minimum atomic E-state index is -0.0249. The molecule has 6 heteroatoms. The van der Waals surface area contributed by atoms with Crippen LogP contribution in [-0.4, -0.2) is 43.9 Å². The zero-order valence-corrected chi connectivity index (χ0v) is 11.8. The van der Waals surface area contributed by atoms with Crippen molar-refractivity contribution in [1.82, 2.24) is 19.5 Å². The summed E-state index contributed by atoms with van der Waals surface area (Å²) in [5.41, 5.74) is 1.31. The van der Waals surface area contributed by atoms with E-state index in [1.165, 1.54) is 0 Å². The fourth-order valence-corrected chi connectivity index (χ4v) is 2.10. The van der Waals surface area contributed by atoms with Crippen molar-refractivity contribution in [3.63, 3.8) is 0 Å². The molecule has 2 rings (SSSR count). The highest BCUT2D eigenvalue weighted by Crippen LogP contribution is 2.14. The fraction of sp³-hybridized carbons (Fsp3) is 0.462. The number of carbonyl (C=O) groups excluding carboxylic acids is 1. The number of carbonyl (C=O) groups is 1. The van der Waals surface area contributed by atoms with Crippen LogP contribution in [0, 0.1) is 0 Å². The third-order valence-corrected chi connectivity index (χ3v) is 3.24. The van der Waals surface area contributed by atoms with E-state index in [1.807, 2.05) is 18.7 Å². The Labute approximate surface area is 117 Å². The van der Waals surface area contributed by atoms with E-state index in [4.69, 9.17) is 11.6 Å². The summed E-state index contributed by atoms with van der Waals surface area (Å²) in [4.78, 5) is 18.4. The Morgan fingerprint density at radius 1 is 1.47 bits per heavy atom. The maximum atomic E-state index is 12.6. The zero-order chi connectivity index (χ0) is 13.8. The van der Waals surface area contributed by atoms with Crippen molar-refractivity contribution in [1.29, 1.82) is 0 Å². The van der Waals surface area contributed by atoms with Gasteiger partial charge in [-0.2, -0.15) is 5.10 Å². The van der Waals surface area contributed by atoms with Crippen LogP contribution in [0.3, 0.4) is 0 Å². The quantitative estimate of drug-likeness (QED) is 0.789. The van der Waals surface area contributed by atoms with Gasteiger partial charge in [0.05, 0.1) is 23.5 Å². The first-order valence-corrected chi connectivity index (χ1v) is 6.83. The van der Waals surface area contributed by atoms with Gasteiger partial charge in [0.25, 0.3) is 5.91 Å². The third kappa shape index (κ3) is 2.87. The SMILES string of the molecule is CC(C)N(CCCCl)C(=O)c1cnn2ccncc12. The Hall–Kier alpha value is -1.62. The molecule has 0 radical (unpaired) electrons. The number of amides is 1. The molecule has 0 fully saturated rings. The summed E-state index contributed by atoms with van der Waals surface area (Å²) in [6.07, 6.45) is 7.39. The molecule has 2 aromatic rings. The van der Waals surface area contributed by atoms with Gasteiger partial charge in [-0.15, -0.1) is 11.6 Å². The first-order chi connectivity index (χ1) is 9.15. The van der Waals surface area contributed by atoms with Gasteiger partial charge >= 0.3 is 0 Å². The molecule has 0 saturated carbocycles. The average Bonchev–Trinajstić information content (AvgIpc) is 2.82. The van der Waals surface area contributed by atoms with Crippen molar-refractivity contribution in [2.75, 3.05) is 12.4 Å². The van der Waals surface area contributed by atoms with E-state index in [-0.39, 0.29) is 11.9 Å². The summed E-state index contributed by atoms with van der Waals surface area (Å²) in [6, 6.07) is 0.127. The second-order valence-corrected chi connectivity index (χ2v) is 4.98. The first kappa shape index (κ1) is 13.8. The van der Waals surface area contributed by atoms with Gasteiger partial charge in [-0.05, 0) is 20.3 Å². The molecule has 2 heterocycles. The number of hydrogen-bond donors (Lipinski definition) is 0. The van der Waals surface area contributed by atoms with Gasteiger partial charge < -0.3 is 4.90 Å². The molecule has 5 nitrogen and oxygen atoms in total. The molecule has 19 heavy (non-hydrogen) atoms. The molecule has 2 aromatic heterocycles. The number of aromatic nitrogens is 3. The highest BCUT2D eigenvalue weighted by molar-refractivity contribution is 6.17. The summed E-state index contributed by atoms with van der Waals surface area (Å²) in [7, 11) is 0. The van der Waals surface area contributed by atoms with Crippen LogP contribution in [0.15, 0.2) is 24.8 Å². The van der Waals surface area contributed by atoms with Crippen LogP contribution in [0.2, 0.25) is 0 Å². The molecule has 0 saturated heterocycles. The Morgan fingerprint density at radius 3 is 2.95 bits per heavy atom. The van der Waals surface area contributed by atoms with E-state index in [1.54, 1.807) is 29.3 Å². The fourth-order valence-electron chi connectivity index (χ4n) is 1.98. The molecule has 0 bridgehead atoms. The van der Waals surface area contributed by atoms with Crippen molar-refractivity contribution in [2.45, 2.75) is 26.3 Å². The van der Waals surface area contributed by atoms with Crippen LogP contribution >= 0.6 is 11.6 Å². The molecule has 0 atom stereocenters. The van der Waals surface area contributed by atoms with Crippen LogP contribution in [0.5, 0.6) is 0 Å². The molecule has 0 aromatic carbocycles. The van der Waals surface area contributed by atoms with Crippen LogP contribution in [0.1, 0.15) is 30.6 Å². The predicted molar refractivity (Wildman–Crippen MR) is 74.5 cm³/mol. The highest BCUT2D eigenvalue weighted by atomic mass is 35.5.